The van der Waals surface area contributed by atoms with E-state index in [2.05, 4.69) is 43.2 Å². The van der Waals surface area contributed by atoms with Gasteiger partial charge in [0.05, 0.1) is 0 Å². The minimum Gasteiger partial charge on any atom is -0.310 e. The molecule has 0 aliphatic heterocycles. The Kier molecular flexibility index (Phi) is 7.73. The second-order valence-electron chi connectivity index (χ2n) is 5.56. The summed E-state index contributed by atoms with van der Waals surface area (Å²) < 4.78 is 13.0. The Bertz CT molecular complexity index is 364. The number of hydrogen-bond acceptors (Lipinski definition) is 3. The van der Waals surface area contributed by atoms with E-state index < -0.39 is 0 Å². The molecule has 0 aliphatic carbocycles. The van der Waals surface area contributed by atoms with Crippen LogP contribution in [0.5, 0.6) is 0 Å². The third-order valence-electron chi connectivity index (χ3n) is 3.45. The fraction of sp³-hybridized carbons (Fsp3) is 0.625. The summed E-state index contributed by atoms with van der Waals surface area (Å²) in [6.45, 7) is 6.19. The van der Waals surface area contributed by atoms with Gasteiger partial charge in [0.2, 0.25) is 0 Å². The van der Waals surface area contributed by atoms with E-state index in [-0.39, 0.29) is 5.82 Å². The molecule has 4 heteroatoms. The summed E-state index contributed by atoms with van der Waals surface area (Å²) in [6.07, 6.45) is 1.03. The fourth-order valence-electron chi connectivity index (χ4n) is 2.16. The monoisotopic (exact) mass is 281 g/mol. The van der Waals surface area contributed by atoms with Crippen molar-refractivity contribution in [1.29, 1.82) is 0 Å². The van der Waals surface area contributed by atoms with Gasteiger partial charge in [-0.1, -0.05) is 19.1 Å². The van der Waals surface area contributed by atoms with E-state index in [0.29, 0.717) is 6.04 Å². The van der Waals surface area contributed by atoms with E-state index in [1.165, 1.54) is 12.1 Å². The summed E-state index contributed by atoms with van der Waals surface area (Å²) in [5, 5.41) is 3.48. The first-order valence-corrected chi connectivity index (χ1v) is 7.35. The van der Waals surface area contributed by atoms with Crippen molar-refractivity contribution in [2.45, 2.75) is 19.4 Å². The van der Waals surface area contributed by atoms with Crippen LogP contribution in [0.4, 0.5) is 4.39 Å². The quantitative estimate of drug-likeness (QED) is 0.749. The molecule has 114 valence electrons. The topological polar surface area (TPSA) is 18.5 Å². The number of halogens is 1. The molecule has 0 saturated carbocycles. The zero-order valence-electron chi connectivity index (χ0n) is 13.2. The van der Waals surface area contributed by atoms with Crippen LogP contribution in [0.1, 0.15) is 24.9 Å². The molecule has 0 aromatic heterocycles. The van der Waals surface area contributed by atoms with Crippen molar-refractivity contribution in [1.82, 2.24) is 15.1 Å². The molecule has 0 saturated heterocycles. The van der Waals surface area contributed by atoms with E-state index in [0.717, 1.165) is 38.2 Å². The maximum atomic E-state index is 13.0. The average Bonchev–Trinajstić information content (AvgIpc) is 2.42. The van der Waals surface area contributed by atoms with Crippen molar-refractivity contribution in [3.05, 3.63) is 35.6 Å². The zero-order chi connectivity index (χ0) is 15.0. The number of hydrogen-bond donors (Lipinski definition) is 1. The highest BCUT2D eigenvalue weighted by atomic mass is 19.1. The van der Waals surface area contributed by atoms with Gasteiger partial charge in [0.1, 0.15) is 5.82 Å². The number of benzene rings is 1. The third-order valence-corrected chi connectivity index (χ3v) is 3.45. The lowest BCUT2D eigenvalue weighted by molar-refractivity contribution is 0.268. The first-order valence-electron chi connectivity index (χ1n) is 7.35. The Morgan fingerprint density at radius 2 is 1.70 bits per heavy atom. The predicted octanol–water partition coefficient (Wildman–Crippen LogP) is 2.36. The molecule has 1 aromatic carbocycles. The second kappa shape index (κ2) is 9.06. The number of rotatable bonds is 9. The van der Waals surface area contributed by atoms with Crippen LogP contribution in [-0.4, -0.2) is 57.1 Å². The molecular weight excluding hydrogens is 253 g/mol. The number of nitrogens with one attached hydrogen (secondary N) is 1. The van der Waals surface area contributed by atoms with Gasteiger partial charge in [-0.05, 0) is 58.3 Å². The Morgan fingerprint density at radius 1 is 1.05 bits per heavy atom. The van der Waals surface area contributed by atoms with Gasteiger partial charge in [-0.2, -0.15) is 0 Å². The summed E-state index contributed by atoms with van der Waals surface area (Å²) in [6, 6.07) is 7.12. The maximum absolute atomic E-state index is 13.0. The van der Waals surface area contributed by atoms with E-state index in [9.17, 15) is 4.39 Å². The Hall–Kier alpha value is -0.970. The summed E-state index contributed by atoms with van der Waals surface area (Å²) in [4.78, 5) is 4.53. The molecule has 0 bridgehead atoms. The highest BCUT2D eigenvalue weighted by Crippen LogP contribution is 2.17. The van der Waals surface area contributed by atoms with Crippen LogP contribution < -0.4 is 5.32 Å². The van der Waals surface area contributed by atoms with E-state index >= 15 is 0 Å². The standard InChI is InChI=1S/C16H28FN3/c1-5-18-16(14-6-8-15(17)9-7-14)10-11-20(4)13-12-19(2)3/h6-9,16,18H,5,10-13H2,1-4H3. The summed E-state index contributed by atoms with van der Waals surface area (Å²) in [5.41, 5.74) is 1.16. The van der Waals surface area contributed by atoms with E-state index in [4.69, 9.17) is 0 Å². The van der Waals surface area contributed by atoms with Gasteiger partial charge in [0.15, 0.2) is 0 Å². The van der Waals surface area contributed by atoms with Gasteiger partial charge in [0.25, 0.3) is 0 Å². The molecule has 1 aromatic rings. The van der Waals surface area contributed by atoms with Gasteiger partial charge in [0, 0.05) is 19.1 Å². The molecular formula is C16H28FN3. The lowest BCUT2D eigenvalue weighted by Crippen LogP contribution is -2.32. The average molecular weight is 281 g/mol. The van der Waals surface area contributed by atoms with E-state index in [1.54, 1.807) is 0 Å². The second-order valence-corrected chi connectivity index (χ2v) is 5.56. The lowest BCUT2D eigenvalue weighted by Gasteiger charge is -2.23. The van der Waals surface area contributed by atoms with Crippen molar-refractivity contribution in [2.75, 3.05) is 47.3 Å². The third kappa shape index (κ3) is 6.46. The van der Waals surface area contributed by atoms with Crippen LogP contribution in [0.15, 0.2) is 24.3 Å². The lowest BCUT2D eigenvalue weighted by atomic mass is 10.0. The Morgan fingerprint density at radius 3 is 2.25 bits per heavy atom. The van der Waals surface area contributed by atoms with Crippen LogP contribution in [0.25, 0.3) is 0 Å². The summed E-state index contributed by atoms with van der Waals surface area (Å²) in [7, 11) is 6.33. The molecule has 20 heavy (non-hydrogen) atoms. The largest absolute Gasteiger partial charge is 0.310 e. The first kappa shape index (κ1) is 17.1. The molecule has 0 spiro atoms. The summed E-state index contributed by atoms with van der Waals surface area (Å²) >= 11 is 0. The Labute approximate surface area is 122 Å². The molecule has 0 heterocycles. The van der Waals surface area contributed by atoms with Crippen LogP contribution in [0, 0.1) is 5.82 Å². The van der Waals surface area contributed by atoms with Crippen LogP contribution >= 0.6 is 0 Å². The highest BCUT2D eigenvalue weighted by molar-refractivity contribution is 5.19. The van der Waals surface area contributed by atoms with Gasteiger partial charge in [-0.15, -0.1) is 0 Å². The number of nitrogens with zero attached hydrogens (tertiary/aromatic N) is 2. The Balaban J connectivity index is 2.48. The van der Waals surface area contributed by atoms with Crippen molar-refractivity contribution >= 4 is 0 Å². The number of likely N-dealkylation sites (N-methyl/N-ethyl adjacent to an activating group) is 2. The molecule has 0 aliphatic rings. The predicted molar refractivity (Wildman–Crippen MR) is 83.5 cm³/mol. The molecule has 1 unspecified atom stereocenters. The van der Waals surface area contributed by atoms with Crippen molar-refractivity contribution in [2.24, 2.45) is 0 Å². The maximum Gasteiger partial charge on any atom is 0.123 e. The molecule has 1 rings (SSSR count). The van der Waals surface area contributed by atoms with Crippen molar-refractivity contribution in [3.63, 3.8) is 0 Å². The molecule has 3 nitrogen and oxygen atoms in total. The van der Waals surface area contributed by atoms with Crippen LogP contribution in [0.2, 0.25) is 0 Å². The smallest absolute Gasteiger partial charge is 0.123 e. The molecule has 1 atom stereocenters. The summed E-state index contributed by atoms with van der Waals surface area (Å²) in [5.74, 6) is -0.174. The van der Waals surface area contributed by atoms with Crippen molar-refractivity contribution < 1.29 is 4.39 Å². The van der Waals surface area contributed by atoms with E-state index in [1.807, 2.05) is 12.1 Å². The zero-order valence-corrected chi connectivity index (χ0v) is 13.2. The molecule has 0 fully saturated rings. The van der Waals surface area contributed by atoms with Gasteiger partial charge in [-0.3, -0.25) is 0 Å². The van der Waals surface area contributed by atoms with Crippen LogP contribution in [-0.2, 0) is 0 Å². The molecule has 1 N–H and O–H groups in total. The minimum atomic E-state index is -0.174. The normalized spacial score (nSPS) is 13.2. The van der Waals surface area contributed by atoms with Gasteiger partial charge < -0.3 is 15.1 Å². The molecule has 0 amide bonds. The van der Waals surface area contributed by atoms with Crippen molar-refractivity contribution in [3.8, 4) is 0 Å². The SMILES string of the molecule is CCNC(CCN(C)CCN(C)C)c1ccc(F)cc1. The minimum absolute atomic E-state index is 0.174. The van der Waals surface area contributed by atoms with Crippen LogP contribution in [0.3, 0.4) is 0 Å². The fourth-order valence-corrected chi connectivity index (χ4v) is 2.16. The highest BCUT2D eigenvalue weighted by Gasteiger charge is 2.11. The van der Waals surface area contributed by atoms with Gasteiger partial charge in [-0.25, -0.2) is 4.39 Å². The molecule has 0 radical (unpaired) electrons. The van der Waals surface area contributed by atoms with Gasteiger partial charge >= 0.3 is 0 Å². The first-order chi connectivity index (χ1) is 9.52.